The van der Waals surface area contributed by atoms with Crippen LogP contribution in [0.5, 0.6) is 0 Å². The normalized spacial score (nSPS) is 9.85. The number of hydrogen-bond acceptors (Lipinski definition) is 5. The molecule has 0 aliphatic rings. The Morgan fingerprint density at radius 3 is 2.95 bits per heavy atom. The standard InChI is InChI=1S/C15H14N2O3/c1-10-3-4-11(8-16)7-13(10)17-9-12-5-6-20-14(12)15(18)19-2/h3-7,17H,9H2,1-2H3. The van der Waals surface area contributed by atoms with E-state index in [9.17, 15) is 4.79 Å². The largest absolute Gasteiger partial charge is 0.463 e. The molecule has 102 valence electrons. The Labute approximate surface area is 116 Å². The lowest BCUT2D eigenvalue weighted by Crippen LogP contribution is -2.07. The van der Waals surface area contributed by atoms with Gasteiger partial charge in [0.05, 0.1) is 25.0 Å². The van der Waals surface area contributed by atoms with E-state index < -0.39 is 5.97 Å². The lowest BCUT2D eigenvalue weighted by atomic mass is 10.1. The van der Waals surface area contributed by atoms with Crippen molar-refractivity contribution in [3.8, 4) is 6.07 Å². The fourth-order valence-electron chi connectivity index (χ4n) is 1.82. The molecule has 0 bridgehead atoms. The molecule has 2 aromatic rings. The van der Waals surface area contributed by atoms with Gasteiger partial charge in [0.25, 0.3) is 0 Å². The molecule has 1 N–H and O–H groups in total. The number of carbonyl (C=O) groups is 1. The number of furan rings is 1. The topological polar surface area (TPSA) is 75.3 Å². The minimum absolute atomic E-state index is 0.189. The summed E-state index contributed by atoms with van der Waals surface area (Å²) in [6.07, 6.45) is 1.45. The molecule has 1 aromatic carbocycles. The van der Waals surface area contributed by atoms with Gasteiger partial charge in [-0.2, -0.15) is 5.26 Å². The molecule has 1 aromatic heterocycles. The van der Waals surface area contributed by atoms with Crippen LogP contribution in [0.4, 0.5) is 5.69 Å². The molecule has 5 nitrogen and oxygen atoms in total. The van der Waals surface area contributed by atoms with Gasteiger partial charge in [-0.1, -0.05) is 6.07 Å². The van der Waals surface area contributed by atoms with Gasteiger partial charge in [0.2, 0.25) is 5.76 Å². The zero-order valence-electron chi connectivity index (χ0n) is 11.3. The summed E-state index contributed by atoms with van der Waals surface area (Å²) in [5, 5.41) is 12.1. The van der Waals surface area contributed by atoms with Gasteiger partial charge in [0.1, 0.15) is 0 Å². The molecule has 0 atom stereocenters. The highest BCUT2D eigenvalue weighted by Crippen LogP contribution is 2.19. The van der Waals surface area contributed by atoms with E-state index in [0.717, 1.165) is 11.3 Å². The molecule has 0 saturated carbocycles. The van der Waals surface area contributed by atoms with Gasteiger partial charge in [-0.3, -0.25) is 0 Å². The Morgan fingerprint density at radius 2 is 2.25 bits per heavy atom. The number of benzene rings is 1. The van der Waals surface area contributed by atoms with Gasteiger partial charge >= 0.3 is 5.97 Å². The molecule has 5 heteroatoms. The van der Waals surface area contributed by atoms with Crippen molar-refractivity contribution < 1.29 is 13.9 Å². The van der Waals surface area contributed by atoms with Gasteiger partial charge < -0.3 is 14.5 Å². The summed E-state index contributed by atoms with van der Waals surface area (Å²) in [7, 11) is 1.31. The maximum Gasteiger partial charge on any atom is 0.374 e. The van der Waals surface area contributed by atoms with Crippen molar-refractivity contribution in [2.24, 2.45) is 0 Å². The number of ether oxygens (including phenoxy) is 1. The second-order valence-electron chi connectivity index (χ2n) is 4.26. The fourth-order valence-corrected chi connectivity index (χ4v) is 1.82. The van der Waals surface area contributed by atoms with Crippen LogP contribution in [0.25, 0.3) is 0 Å². The molecule has 2 rings (SSSR count). The summed E-state index contributed by atoms with van der Waals surface area (Å²) in [6, 6.07) is 9.21. The molecule has 1 heterocycles. The van der Waals surface area contributed by atoms with E-state index in [0.29, 0.717) is 17.7 Å². The monoisotopic (exact) mass is 270 g/mol. The lowest BCUT2D eigenvalue weighted by Gasteiger charge is -2.09. The predicted molar refractivity (Wildman–Crippen MR) is 73.3 cm³/mol. The Kier molecular flexibility index (Phi) is 4.06. The molecule has 0 amide bonds. The van der Waals surface area contributed by atoms with Crippen LogP contribution in [0.15, 0.2) is 34.9 Å². The Hall–Kier alpha value is -2.74. The van der Waals surface area contributed by atoms with E-state index in [2.05, 4.69) is 16.1 Å². The van der Waals surface area contributed by atoms with Crippen LogP contribution in [-0.2, 0) is 11.3 Å². The number of aryl methyl sites for hydroxylation is 1. The van der Waals surface area contributed by atoms with E-state index in [4.69, 9.17) is 9.68 Å². The third-order valence-electron chi connectivity index (χ3n) is 2.95. The highest BCUT2D eigenvalue weighted by atomic mass is 16.5. The number of carbonyl (C=O) groups excluding carboxylic acids is 1. The molecule has 0 radical (unpaired) electrons. The van der Waals surface area contributed by atoms with E-state index >= 15 is 0 Å². The van der Waals surface area contributed by atoms with E-state index in [1.807, 2.05) is 13.0 Å². The van der Waals surface area contributed by atoms with Gasteiger partial charge in [0.15, 0.2) is 0 Å². The number of nitriles is 1. The predicted octanol–water partition coefficient (Wildman–Crippen LogP) is 2.86. The fraction of sp³-hybridized carbons (Fsp3) is 0.200. The second kappa shape index (κ2) is 5.93. The number of methoxy groups -OCH3 is 1. The van der Waals surface area contributed by atoms with Crippen molar-refractivity contribution in [3.63, 3.8) is 0 Å². The zero-order valence-corrected chi connectivity index (χ0v) is 11.3. The minimum Gasteiger partial charge on any atom is -0.463 e. The average molecular weight is 270 g/mol. The first-order chi connectivity index (χ1) is 9.65. The Balaban J connectivity index is 2.15. The number of nitrogens with one attached hydrogen (secondary N) is 1. The summed E-state index contributed by atoms with van der Waals surface area (Å²) < 4.78 is 9.76. The van der Waals surface area contributed by atoms with Gasteiger partial charge in [-0.15, -0.1) is 0 Å². The van der Waals surface area contributed by atoms with E-state index in [1.165, 1.54) is 13.4 Å². The molecule has 20 heavy (non-hydrogen) atoms. The summed E-state index contributed by atoms with van der Waals surface area (Å²) in [6.45, 7) is 2.36. The molecule has 0 aliphatic heterocycles. The quantitative estimate of drug-likeness (QED) is 0.864. The lowest BCUT2D eigenvalue weighted by molar-refractivity contribution is 0.0563. The van der Waals surface area contributed by atoms with Gasteiger partial charge in [-0.25, -0.2) is 4.79 Å². The van der Waals surface area contributed by atoms with Gasteiger partial charge in [0, 0.05) is 17.8 Å². The molecule has 0 aliphatic carbocycles. The van der Waals surface area contributed by atoms with Crippen molar-refractivity contribution in [1.29, 1.82) is 5.26 Å². The van der Waals surface area contributed by atoms with Crippen LogP contribution in [0, 0.1) is 18.3 Å². The number of anilines is 1. The first kappa shape index (κ1) is 13.7. The molecule has 0 fully saturated rings. The second-order valence-corrected chi connectivity index (χ2v) is 4.26. The first-order valence-electron chi connectivity index (χ1n) is 6.05. The summed E-state index contributed by atoms with van der Waals surface area (Å²) in [5.41, 5.74) is 3.16. The van der Waals surface area contributed by atoms with E-state index in [1.54, 1.807) is 18.2 Å². The van der Waals surface area contributed by atoms with Crippen LogP contribution in [0.3, 0.4) is 0 Å². The smallest absolute Gasteiger partial charge is 0.374 e. The molecular weight excluding hydrogens is 256 g/mol. The highest BCUT2D eigenvalue weighted by molar-refractivity contribution is 5.87. The Morgan fingerprint density at radius 1 is 1.45 bits per heavy atom. The maximum absolute atomic E-state index is 11.5. The third-order valence-corrected chi connectivity index (χ3v) is 2.95. The van der Waals surface area contributed by atoms with Crippen LogP contribution >= 0.6 is 0 Å². The molecule has 0 saturated heterocycles. The number of rotatable bonds is 4. The summed E-state index contributed by atoms with van der Waals surface area (Å²) in [4.78, 5) is 11.5. The minimum atomic E-state index is -0.505. The van der Waals surface area contributed by atoms with Crippen molar-refractivity contribution in [3.05, 3.63) is 53.0 Å². The zero-order chi connectivity index (χ0) is 14.5. The number of nitrogens with zero attached hydrogens (tertiary/aromatic N) is 1. The van der Waals surface area contributed by atoms with Crippen molar-refractivity contribution in [1.82, 2.24) is 0 Å². The van der Waals surface area contributed by atoms with Crippen molar-refractivity contribution in [2.75, 3.05) is 12.4 Å². The maximum atomic E-state index is 11.5. The SMILES string of the molecule is COC(=O)c1occc1CNc1cc(C#N)ccc1C. The number of hydrogen-bond donors (Lipinski definition) is 1. The first-order valence-corrected chi connectivity index (χ1v) is 6.05. The van der Waals surface area contributed by atoms with Crippen molar-refractivity contribution >= 4 is 11.7 Å². The van der Waals surface area contributed by atoms with Crippen LogP contribution in [0.1, 0.15) is 27.2 Å². The third kappa shape index (κ3) is 2.81. The Bertz CT molecular complexity index is 668. The molecule has 0 spiro atoms. The molecule has 0 unspecified atom stereocenters. The molecular formula is C15H14N2O3. The highest BCUT2D eigenvalue weighted by Gasteiger charge is 2.15. The van der Waals surface area contributed by atoms with Crippen LogP contribution in [-0.4, -0.2) is 13.1 Å². The summed E-state index contributed by atoms with van der Waals surface area (Å²) >= 11 is 0. The number of esters is 1. The van der Waals surface area contributed by atoms with E-state index in [-0.39, 0.29) is 5.76 Å². The van der Waals surface area contributed by atoms with Crippen LogP contribution in [0.2, 0.25) is 0 Å². The average Bonchev–Trinajstić information content (AvgIpc) is 2.94. The summed E-state index contributed by atoms with van der Waals surface area (Å²) in [5.74, 6) is -0.316. The van der Waals surface area contributed by atoms with Crippen LogP contribution < -0.4 is 5.32 Å². The van der Waals surface area contributed by atoms with Gasteiger partial charge in [-0.05, 0) is 30.7 Å². The van der Waals surface area contributed by atoms with Crippen molar-refractivity contribution in [2.45, 2.75) is 13.5 Å².